The van der Waals surface area contributed by atoms with E-state index in [4.69, 9.17) is 21.1 Å². The molecule has 1 unspecified atom stereocenters. The third kappa shape index (κ3) is 6.68. The standard InChI is InChI=1S/C35H41ClN4O7S/c1-5-40(6-2)33(42)37-25-17-18-29(28(21-25)46-4)48(44,45)30-20-24(36)19-27-31(30)38-32(41)35(27,22-23-13-9-7-10-14-23)39(3)34(43)47-26-15-11-8-12-16-26/h8,11-12,15-21,23H,5-7,9-10,13-14,22H2,1-4H3,(H,37,42)(H,38,41). The van der Waals surface area contributed by atoms with Crippen molar-refractivity contribution in [2.75, 3.05) is 37.9 Å². The summed E-state index contributed by atoms with van der Waals surface area (Å²) in [6, 6.07) is 15.3. The zero-order valence-corrected chi connectivity index (χ0v) is 29.1. The van der Waals surface area contributed by atoms with Crippen LogP contribution in [0.5, 0.6) is 11.5 Å². The molecule has 1 aliphatic carbocycles. The molecule has 1 saturated carbocycles. The van der Waals surface area contributed by atoms with Crippen LogP contribution in [-0.2, 0) is 20.2 Å². The Morgan fingerprint density at radius 1 is 1.00 bits per heavy atom. The maximum Gasteiger partial charge on any atom is 0.416 e. The second-order valence-electron chi connectivity index (χ2n) is 12.1. The molecule has 13 heteroatoms. The van der Waals surface area contributed by atoms with Crippen LogP contribution in [0.3, 0.4) is 0 Å². The molecule has 11 nitrogen and oxygen atoms in total. The van der Waals surface area contributed by atoms with Gasteiger partial charge in [0.25, 0.3) is 5.91 Å². The highest BCUT2D eigenvalue weighted by Gasteiger charge is 2.55. The first-order valence-electron chi connectivity index (χ1n) is 16.1. The minimum Gasteiger partial charge on any atom is -0.495 e. The number of benzene rings is 3. The molecule has 1 atom stereocenters. The van der Waals surface area contributed by atoms with Crippen LogP contribution < -0.4 is 20.1 Å². The molecule has 0 radical (unpaired) electrons. The van der Waals surface area contributed by atoms with Crippen LogP contribution in [0.25, 0.3) is 0 Å². The van der Waals surface area contributed by atoms with Gasteiger partial charge >= 0.3 is 12.1 Å². The van der Waals surface area contributed by atoms with E-state index < -0.39 is 27.4 Å². The van der Waals surface area contributed by atoms with Gasteiger partial charge in [-0.1, -0.05) is 61.9 Å². The smallest absolute Gasteiger partial charge is 0.416 e. The summed E-state index contributed by atoms with van der Waals surface area (Å²) in [5.74, 6) is -0.155. The molecule has 3 aromatic rings. The number of hydrogen-bond donors (Lipinski definition) is 2. The van der Waals surface area contributed by atoms with Gasteiger partial charge in [0.1, 0.15) is 16.4 Å². The van der Waals surface area contributed by atoms with Crippen LogP contribution in [0.2, 0.25) is 5.02 Å². The molecule has 1 aliphatic heterocycles. The molecule has 2 N–H and O–H groups in total. The van der Waals surface area contributed by atoms with Crippen molar-refractivity contribution in [3.63, 3.8) is 0 Å². The van der Waals surface area contributed by atoms with Gasteiger partial charge in [0.2, 0.25) is 9.84 Å². The molecule has 0 spiro atoms. The van der Waals surface area contributed by atoms with Crippen molar-refractivity contribution in [2.45, 2.75) is 67.7 Å². The number of amides is 4. The van der Waals surface area contributed by atoms with E-state index >= 15 is 0 Å². The number of ether oxygens (including phenoxy) is 2. The number of nitrogens with one attached hydrogen (secondary N) is 2. The van der Waals surface area contributed by atoms with Gasteiger partial charge < -0.3 is 25.0 Å². The highest BCUT2D eigenvalue weighted by Crippen LogP contribution is 2.51. The zero-order valence-electron chi connectivity index (χ0n) is 27.5. The Morgan fingerprint density at radius 2 is 1.69 bits per heavy atom. The van der Waals surface area contributed by atoms with Crippen LogP contribution in [0.4, 0.5) is 21.0 Å². The van der Waals surface area contributed by atoms with Gasteiger partial charge in [-0.2, -0.15) is 0 Å². The Hall–Kier alpha value is -4.29. The molecule has 0 saturated heterocycles. The topological polar surface area (TPSA) is 134 Å². The predicted octanol–water partition coefficient (Wildman–Crippen LogP) is 7.30. The molecule has 4 amide bonds. The van der Waals surface area contributed by atoms with Crippen molar-refractivity contribution in [3.05, 3.63) is 71.2 Å². The molecule has 3 aromatic carbocycles. The van der Waals surface area contributed by atoms with Crippen molar-refractivity contribution >= 4 is 50.8 Å². The fourth-order valence-corrected chi connectivity index (χ4v) is 8.57. The van der Waals surface area contributed by atoms with Gasteiger partial charge in [-0.25, -0.2) is 18.0 Å². The molecular weight excluding hydrogens is 656 g/mol. The van der Waals surface area contributed by atoms with E-state index in [0.717, 1.165) is 32.1 Å². The Morgan fingerprint density at radius 3 is 2.33 bits per heavy atom. The lowest BCUT2D eigenvalue weighted by Gasteiger charge is -2.39. The first-order valence-corrected chi connectivity index (χ1v) is 18.0. The quantitative estimate of drug-likeness (QED) is 0.227. The van der Waals surface area contributed by atoms with Crippen LogP contribution in [0.1, 0.15) is 57.9 Å². The van der Waals surface area contributed by atoms with Crippen LogP contribution in [0, 0.1) is 5.92 Å². The second kappa shape index (κ2) is 14.4. The molecule has 48 heavy (non-hydrogen) atoms. The largest absolute Gasteiger partial charge is 0.495 e. The molecule has 0 aromatic heterocycles. The van der Waals surface area contributed by atoms with Crippen molar-refractivity contribution in [1.29, 1.82) is 0 Å². The number of methoxy groups -OCH3 is 1. The lowest BCUT2D eigenvalue weighted by atomic mass is 9.76. The van der Waals surface area contributed by atoms with Gasteiger partial charge in [0, 0.05) is 42.5 Å². The van der Waals surface area contributed by atoms with Gasteiger partial charge in [-0.3, -0.25) is 9.69 Å². The highest BCUT2D eigenvalue weighted by molar-refractivity contribution is 7.91. The summed E-state index contributed by atoms with van der Waals surface area (Å²) in [4.78, 5) is 43.0. The minimum atomic E-state index is -4.38. The summed E-state index contributed by atoms with van der Waals surface area (Å²) < 4.78 is 40.0. The third-order valence-electron chi connectivity index (χ3n) is 9.27. The predicted molar refractivity (Wildman–Crippen MR) is 184 cm³/mol. The number of nitrogens with zero attached hydrogens (tertiary/aromatic N) is 2. The number of fused-ring (bicyclic) bond motifs is 1. The summed E-state index contributed by atoms with van der Waals surface area (Å²) in [6.07, 6.45) is 4.30. The van der Waals surface area contributed by atoms with E-state index in [0.29, 0.717) is 24.5 Å². The lowest BCUT2D eigenvalue weighted by Crippen LogP contribution is -2.53. The van der Waals surface area contributed by atoms with E-state index in [2.05, 4.69) is 10.6 Å². The van der Waals surface area contributed by atoms with Crippen LogP contribution >= 0.6 is 11.6 Å². The Bertz CT molecular complexity index is 1790. The summed E-state index contributed by atoms with van der Waals surface area (Å²) in [7, 11) is -1.56. The first-order chi connectivity index (χ1) is 23.0. The molecule has 1 heterocycles. The van der Waals surface area contributed by atoms with Gasteiger partial charge in [-0.05, 0) is 62.6 Å². The molecule has 1 fully saturated rings. The number of carbonyl (C=O) groups is 3. The second-order valence-corrected chi connectivity index (χ2v) is 14.4. The van der Waals surface area contributed by atoms with Crippen LogP contribution in [0.15, 0.2) is 70.5 Å². The molecular formula is C35H41ClN4O7S. The number of carbonyl (C=O) groups excluding carboxylic acids is 3. The number of hydrogen-bond acceptors (Lipinski definition) is 7. The summed E-state index contributed by atoms with van der Waals surface area (Å²) >= 11 is 6.65. The monoisotopic (exact) mass is 696 g/mol. The molecule has 2 aliphatic rings. The summed E-state index contributed by atoms with van der Waals surface area (Å²) in [6.45, 7) is 4.71. The van der Waals surface area contributed by atoms with E-state index in [1.807, 2.05) is 13.8 Å². The van der Waals surface area contributed by atoms with Crippen molar-refractivity contribution < 1.29 is 32.3 Å². The fourth-order valence-electron chi connectivity index (χ4n) is 6.68. The Labute approximate surface area is 286 Å². The summed E-state index contributed by atoms with van der Waals surface area (Å²) in [5, 5.41) is 5.66. The van der Waals surface area contributed by atoms with E-state index in [-0.39, 0.29) is 50.2 Å². The fraction of sp³-hybridized carbons (Fsp3) is 0.400. The number of rotatable bonds is 10. The third-order valence-corrected chi connectivity index (χ3v) is 11.3. The van der Waals surface area contributed by atoms with E-state index in [1.54, 1.807) is 41.3 Å². The molecule has 256 valence electrons. The van der Waals surface area contributed by atoms with Gasteiger partial charge in [0.05, 0.1) is 17.7 Å². The van der Waals surface area contributed by atoms with Crippen LogP contribution in [-0.4, -0.2) is 63.5 Å². The Kier molecular flexibility index (Phi) is 10.5. The normalized spacial score (nSPS) is 17.6. The number of halogens is 1. The maximum absolute atomic E-state index is 14.4. The lowest BCUT2D eigenvalue weighted by molar-refractivity contribution is -0.127. The summed E-state index contributed by atoms with van der Waals surface area (Å²) in [5.41, 5.74) is -0.933. The maximum atomic E-state index is 14.4. The average Bonchev–Trinajstić information content (AvgIpc) is 3.35. The first kappa shape index (κ1) is 35.0. The SMILES string of the molecule is CCN(CC)C(=O)Nc1ccc(S(=O)(=O)c2cc(Cl)cc3c2NC(=O)C3(CC2CCCCC2)N(C)C(=O)Oc2ccccc2)c(OC)c1. The number of para-hydroxylation sites is 1. The van der Waals surface area contributed by atoms with E-state index in [1.165, 1.54) is 43.3 Å². The molecule has 5 rings (SSSR count). The van der Waals surface area contributed by atoms with E-state index in [9.17, 15) is 22.8 Å². The minimum absolute atomic E-state index is 0.0116. The van der Waals surface area contributed by atoms with Crippen molar-refractivity contribution in [1.82, 2.24) is 9.80 Å². The number of urea groups is 1. The number of anilines is 2. The number of likely N-dealkylation sites (N-methyl/N-ethyl adjacent to an activating group) is 1. The zero-order chi connectivity index (χ0) is 34.6. The van der Waals surface area contributed by atoms with Gasteiger partial charge in [0.15, 0.2) is 5.54 Å². The highest BCUT2D eigenvalue weighted by atomic mass is 35.5. The van der Waals surface area contributed by atoms with Gasteiger partial charge in [-0.15, -0.1) is 0 Å². The van der Waals surface area contributed by atoms with Crippen molar-refractivity contribution in [3.8, 4) is 11.5 Å². The average molecular weight is 697 g/mol. The Balaban J connectivity index is 1.59. The van der Waals surface area contributed by atoms with Crippen molar-refractivity contribution in [2.24, 2.45) is 5.92 Å². The molecule has 0 bridgehead atoms. The number of sulfone groups is 1.